The molecule has 3 rings (SSSR count). The number of piperazine rings is 1. The first-order chi connectivity index (χ1) is 9.69. The third-order valence-corrected chi connectivity index (χ3v) is 3.91. The minimum Gasteiger partial charge on any atom is -0.371 e. The maximum Gasteiger partial charge on any atom is 0.144 e. The number of halogens is 2. The summed E-state index contributed by atoms with van der Waals surface area (Å²) in [7, 11) is 0. The Balaban J connectivity index is 1.82. The summed E-state index contributed by atoms with van der Waals surface area (Å²) in [5.74, 6) is -1.65. The van der Waals surface area contributed by atoms with Crippen molar-refractivity contribution in [1.29, 1.82) is 5.26 Å². The molecule has 106 valence electrons. The van der Waals surface area contributed by atoms with E-state index in [9.17, 15) is 8.78 Å². The van der Waals surface area contributed by atoms with E-state index in [-0.39, 0.29) is 6.10 Å². The Morgan fingerprint density at radius 1 is 1.35 bits per heavy atom. The maximum absolute atomic E-state index is 13.7. The number of fused-ring (bicyclic) bond motifs is 1. The number of nitriles is 1. The average Bonchev–Trinajstić information content (AvgIpc) is 2.46. The summed E-state index contributed by atoms with van der Waals surface area (Å²) in [6, 6.07) is 4.26. The van der Waals surface area contributed by atoms with Gasteiger partial charge >= 0.3 is 0 Å². The Labute approximate surface area is 115 Å². The van der Waals surface area contributed by atoms with Crippen LogP contribution in [0.3, 0.4) is 0 Å². The van der Waals surface area contributed by atoms with Crippen molar-refractivity contribution in [3.8, 4) is 6.07 Å². The van der Waals surface area contributed by atoms with Crippen LogP contribution >= 0.6 is 0 Å². The van der Waals surface area contributed by atoms with Gasteiger partial charge in [-0.25, -0.2) is 8.78 Å². The van der Waals surface area contributed by atoms with E-state index in [4.69, 9.17) is 10.00 Å². The van der Waals surface area contributed by atoms with Gasteiger partial charge in [0.05, 0.1) is 12.7 Å². The minimum atomic E-state index is -0.825. The lowest BCUT2D eigenvalue weighted by Gasteiger charge is -2.42. The van der Waals surface area contributed by atoms with Gasteiger partial charge in [0.15, 0.2) is 0 Å². The monoisotopic (exact) mass is 279 g/mol. The molecule has 0 radical (unpaired) electrons. The minimum absolute atomic E-state index is 0.327. The lowest BCUT2D eigenvalue weighted by molar-refractivity contribution is -0.0719. The standard InChI is InChI=1S/C14H15F2N3O/c15-12-3-9(4-13(16)11(12)5-17)14-7-19-2-1-18-6-10(19)8-20-14/h3-4,10,14,18H,1-2,6-8H2/t10-,14+/m1/s1. The van der Waals surface area contributed by atoms with E-state index >= 15 is 0 Å². The molecule has 6 heteroatoms. The first-order valence-electron chi connectivity index (χ1n) is 6.64. The number of nitrogens with zero attached hydrogens (tertiary/aromatic N) is 2. The Kier molecular flexibility index (Phi) is 3.66. The second kappa shape index (κ2) is 5.44. The second-order valence-electron chi connectivity index (χ2n) is 5.15. The van der Waals surface area contributed by atoms with E-state index in [0.29, 0.717) is 24.8 Å². The van der Waals surface area contributed by atoms with Crippen molar-refractivity contribution in [2.45, 2.75) is 12.1 Å². The molecule has 1 N–H and O–H groups in total. The zero-order valence-electron chi connectivity index (χ0n) is 10.9. The van der Waals surface area contributed by atoms with Crippen LogP contribution in [0.25, 0.3) is 0 Å². The molecule has 2 aliphatic heterocycles. The van der Waals surface area contributed by atoms with E-state index in [2.05, 4.69) is 10.2 Å². The van der Waals surface area contributed by atoms with Gasteiger partial charge in [-0.2, -0.15) is 5.26 Å². The first kappa shape index (κ1) is 13.4. The number of hydrogen-bond acceptors (Lipinski definition) is 4. The molecule has 4 nitrogen and oxygen atoms in total. The quantitative estimate of drug-likeness (QED) is 0.838. The smallest absolute Gasteiger partial charge is 0.144 e. The lowest BCUT2D eigenvalue weighted by atomic mass is 10.0. The zero-order valence-corrected chi connectivity index (χ0v) is 10.9. The molecule has 0 amide bonds. The van der Waals surface area contributed by atoms with Crippen molar-refractivity contribution >= 4 is 0 Å². The molecule has 1 aromatic carbocycles. The van der Waals surface area contributed by atoms with Crippen LogP contribution in [0.2, 0.25) is 0 Å². The topological polar surface area (TPSA) is 48.3 Å². The van der Waals surface area contributed by atoms with E-state index < -0.39 is 17.2 Å². The average molecular weight is 279 g/mol. The molecule has 2 aliphatic rings. The van der Waals surface area contributed by atoms with Gasteiger partial charge in [0.25, 0.3) is 0 Å². The number of benzene rings is 1. The van der Waals surface area contributed by atoms with Crippen molar-refractivity contribution in [3.63, 3.8) is 0 Å². The Bertz CT molecular complexity index is 535. The molecule has 0 spiro atoms. The molecule has 0 aromatic heterocycles. The highest BCUT2D eigenvalue weighted by atomic mass is 19.1. The Hall–Kier alpha value is -1.55. The summed E-state index contributed by atoms with van der Waals surface area (Å²) >= 11 is 0. The van der Waals surface area contributed by atoms with E-state index in [0.717, 1.165) is 19.6 Å². The fourth-order valence-corrected chi connectivity index (χ4v) is 2.79. The molecule has 2 saturated heterocycles. The molecule has 0 unspecified atom stereocenters. The number of ether oxygens (including phenoxy) is 1. The molecular formula is C14H15F2N3O. The van der Waals surface area contributed by atoms with Crippen LogP contribution in [0.1, 0.15) is 17.2 Å². The highest BCUT2D eigenvalue weighted by Gasteiger charge is 2.32. The van der Waals surface area contributed by atoms with Gasteiger partial charge in [0, 0.05) is 32.2 Å². The van der Waals surface area contributed by atoms with Gasteiger partial charge in [-0.15, -0.1) is 0 Å². The predicted octanol–water partition coefficient (Wildman–Crippen LogP) is 1.18. The van der Waals surface area contributed by atoms with Gasteiger partial charge in [-0.3, -0.25) is 4.90 Å². The highest BCUT2D eigenvalue weighted by Crippen LogP contribution is 2.27. The SMILES string of the molecule is N#Cc1c(F)cc([C@@H]2CN3CCNC[C@@H]3CO2)cc1F. The zero-order chi connectivity index (χ0) is 14.1. The van der Waals surface area contributed by atoms with Crippen molar-refractivity contribution in [1.82, 2.24) is 10.2 Å². The van der Waals surface area contributed by atoms with Crippen molar-refractivity contribution in [3.05, 3.63) is 34.9 Å². The van der Waals surface area contributed by atoms with Crippen LogP contribution in [0, 0.1) is 23.0 Å². The summed E-state index contributed by atoms with van der Waals surface area (Å²) < 4.78 is 33.0. The number of morpholine rings is 1. The molecule has 0 aliphatic carbocycles. The third-order valence-electron chi connectivity index (χ3n) is 3.91. The van der Waals surface area contributed by atoms with Crippen LogP contribution in [-0.4, -0.2) is 43.7 Å². The summed E-state index contributed by atoms with van der Waals surface area (Å²) in [5.41, 5.74) is -0.0828. The van der Waals surface area contributed by atoms with Gasteiger partial charge in [-0.1, -0.05) is 0 Å². The maximum atomic E-state index is 13.7. The van der Waals surface area contributed by atoms with Crippen LogP contribution in [0.4, 0.5) is 8.78 Å². The molecule has 0 bridgehead atoms. The number of rotatable bonds is 1. The Morgan fingerprint density at radius 2 is 2.10 bits per heavy atom. The van der Waals surface area contributed by atoms with Gasteiger partial charge in [-0.05, 0) is 17.7 Å². The van der Waals surface area contributed by atoms with Crippen LogP contribution < -0.4 is 5.32 Å². The fourth-order valence-electron chi connectivity index (χ4n) is 2.79. The second-order valence-corrected chi connectivity index (χ2v) is 5.15. The molecule has 2 fully saturated rings. The molecule has 0 saturated carbocycles. The lowest BCUT2D eigenvalue weighted by Crippen LogP contribution is -2.57. The normalized spacial score (nSPS) is 26.9. The van der Waals surface area contributed by atoms with Gasteiger partial charge in [0.1, 0.15) is 23.3 Å². The summed E-state index contributed by atoms with van der Waals surface area (Å²) in [6.45, 7) is 3.87. The number of hydrogen-bond donors (Lipinski definition) is 1. The van der Waals surface area contributed by atoms with E-state index in [1.807, 2.05) is 0 Å². The Morgan fingerprint density at radius 3 is 2.80 bits per heavy atom. The summed E-state index contributed by atoms with van der Waals surface area (Å²) in [4.78, 5) is 2.28. The van der Waals surface area contributed by atoms with Crippen LogP contribution in [0.5, 0.6) is 0 Å². The third kappa shape index (κ3) is 2.40. The molecular weight excluding hydrogens is 264 g/mol. The molecule has 20 heavy (non-hydrogen) atoms. The predicted molar refractivity (Wildman–Crippen MR) is 68.0 cm³/mol. The van der Waals surface area contributed by atoms with E-state index in [1.54, 1.807) is 0 Å². The van der Waals surface area contributed by atoms with Crippen molar-refractivity contribution < 1.29 is 13.5 Å². The van der Waals surface area contributed by atoms with Gasteiger partial charge in [0.2, 0.25) is 0 Å². The molecule has 2 atom stereocenters. The van der Waals surface area contributed by atoms with Crippen LogP contribution in [-0.2, 0) is 4.74 Å². The first-order valence-corrected chi connectivity index (χ1v) is 6.64. The molecule has 1 aromatic rings. The fraction of sp³-hybridized carbons (Fsp3) is 0.500. The molecule has 2 heterocycles. The van der Waals surface area contributed by atoms with Crippen molar-refractivity contribution in [2.24, 2.45) is 0 Å². The van der Waals surface area contributed by atoms with Crippen LogP contribution in [0.15, 0.2) is 12.1 Å². The highest BCUT2D eigenvalue weighted by molar-refractivity contribution is 5.36. The number of nitrogens with one attached hydrogen (secondary N) is 1. The van der Waals surface area contributed by atoms with Gasteiger partial charge < -0.3 is 10.1 Å². The largest absolute Gasteiger partial charge is 0.371 e. The van der Waals surface area contributed by atoms with Crippen molar-refractivity contribution in [2.75, 3.05) is 32.8 Å². The van der Waals surface area contributed by atoms with E-state index in [1.165, 1.54) is 18.2 Å². The summed E-state index contributed by atoms with van der Waals surface area (Å²) in [6.07, 6.45) is -0.346. The summed E-state index contributed by atoms with van der Waals surface area (Å²) in [5, 5.41) is 12.0.